The molecule has 1 aliphatic rings. The minimum atomic E-state index is -3.33. The number of nitrogens with zero attached hydrogens (tertiary/aromatic N) is 1. The first-order valence-electron chi connectivity index (χ1n) is 12.6. The van der Waals surface area contributed by atoms with Gasteiger partial charge in [0.05, 0.1) is 28.9 Å². The summed E-state index contributed by atoms with van der Waals surface area (Å²) in [6.07, 6.45) is 0.767. The molecule has 2 aromatic carbocycles. The van der Waals surface area contributed by atoms with Crippen molar-refractivity contribution < 1.29 is 23.1 Å². The van der Waals surface area contributed by atoms with E-state index < -0.39 is 38.6 Å². The van der Waals surface area contributed by atoms with Crippen LogP contribution in [0, 0.1) is 5.41 Å². The van der Waals surface area contributed by atoms with E-state index in [1.807, 2.05) is 37.3 Å². The summed E-state index contributed by atoms with van der Waals surface area (Å²) in [6.45, 7) is 6.93. The molecule has 9 heteroatoms. The van der Waals surface area contributed by atoms with Crippen molar-refractivity contribution in [2.75, 3.05) is 5.75 Å². The average molecular weight is 569 g/mol. The lowest BCUT2D eigenvalue weighted by atomic mass is 9.67. The molecule has 1 N–H and O–H groups in total. The van der Waals surface area contributed by atoms with Crippen LogP contribution in [0.2, 0.25) is 10.0 Å². The predicted octanol–water partition coefficient (Wildman–Crippen LogP) is 6.52. The Kier molecular flexibility index (Phi) is 9.36. The van der Waals surface area contributed by atoms with Gasteiger partial charge in [-0.25, -0.2) is 8.42 Å². The molecule has 2 unspecified atom stereocenters. The first-order chi connectivity index (χ1) is 17.3. The van der Waals surface area contributed by atoms with Crippen LogP contribution >= 0.6 is 23.2 Å². The Balaban J connectivity index is 2.20. The fourth-order valence-corrected chi connectivity index (χ4v) is 6.75. The highest BCUT2D eigenvalue weighted by molar-refractivity contribution is 7.91. The molecule has 0 aromatic heterocycles. The molecular weight excluding hydrogens is 533 g/mol. The summed E-state index contributed by atoms with van der Waals surface area (Å²) in [5.41, 5.74) is 0.572. The van der Waals surface area contributed by atoms with E-state index in [9.17, 15) is 23.1 Å². The van der Waals surface area contributed by atoms with Crippen molar-refractivity contribution in [2.45, 2.75) is 76.6 Å². The number of aliphatic carboxylic acids is 1. The lowest BCUT2D eigenvalue weighted by molar-refractivity contribution is -0.160. The van der Waals surface area contributed by atoms with Gasteiger partial charge in [-0.3, -0.25) is 9.59 Å². The van der Waals surface area contributed by atoms with Crippen LogP contribution in [0.1, 0.15) is 76.5 Å². The van der Waals surface area contributed by atoms with E-state index in [0.29, 0.717) is 22.9 Å². The minimum Gasteiger partial charge on any atom is -0.481 e. The van der Waals surface area contributed by atoms with E-state index in [1.165, 1.54) is 0 Å². The zero-order valence-electron chi connectivity index (χ0n) is 21.7. The van der Waals surface area contributed by atoms with Gasteiger partial charge in [0.2, 0.25) is 5.91 Å². The van der Waals surface area contributed by atoms with E-state index in [4.69, 9.17) is 23.2 Å². The van der Waals surface area contributed by atoms with Gasteiger partial charge in [0.1, 0.15) is 0 Å². The van der Waals surface area contributed by atoms with Crippen LogP contribution in [0.4, 0.5) is 0 Å². The molecule has 1 heterocycles. The number of hydrogen-bond acceptors (Lipinski definition) is 4. The van der Waals surface area contributed by atoms with Gasteiger partial charge in [-0.2, -0.15) is 0 Å². The lowest BCUT2D eigenvalue weighted by Crippen LogP contribution is -2.56. The monoisotopic (exact) mass is 567 g/mol. The number of benzene rings is 2. The smallest absolute Gasteiger partial charge is 0.304 e. The maximum Gasteiger partial charge on any atom is 0.304 e. The summed E-state index contributed by atoms with van der Waals surface area (Å²) < 4.78 is 25.4. The summed E-state index contributed by atoms with van der Waals surface area (Å²) in [7, 11) is -3.33. The Bertz CT molecular complexity index is 1230. The van der Waals surface area contributed by atoms with Crippen molar-refractivity contribution in [3.63, 3.8) is 0 Å². The molecule has 0 aliphatic carbocycles. The molecule has 1 aliphatic heterocycles. The van der Waals surface area contributed by atoms with Crippen molar-refractivity contribution in [3.05, 3.63) is 69.7 Å². The van der Waals surface area contributed by atoms with E-state index in [2.05, 4.69) is 0 Å². The highest BCUT2D eigenvalue weighted by Crippen LogP contribution is 2.52. The number of carbonyl (C=O) groups is 2. The molecule has 3 rings (SSSR count). The largest absolute Gasteiger partial charge is 0.481 e. The number of carboxylic acids is 1. The van der Waals surface area contributed by atoms with Crippen molar-refractivity contribution in [1.29, 1.82) is 0 Å². The fourth-order valence-electron chi connectivity index (χ4n) is 5.36. The Morgan fingerprint density at radius 2 is 1.76 bits per heavy atom. The minimum absolute atomic E-state index is 0.0578. The van der Waals surface area contributed by atoms with E-state index in [1.54, 1.807) is 43.9 Å². The van der Waals surface area contributed by atoms with Crippen LogP contribution in [-0.4, -0.2) is 47.3 Å². The number of carbonyl (C=O) groups excluding carboxylic acids is 1. The summed E-state index contributed by atoms with van der Waals surface area (Å²) in [5.74, 6) is -1.65. The van der Waals surface area contributed by atoms with Crippen LogP contribution in [0.25, 0.3) is 0 Å². The summed E-state index contributed by atoms with van der Waals surface area (Å²) in [6, 6.07) is 13.9. The molecular formula is C28H35Cl2NO5S. The molecule has 1 saturated heterocycles. The molecule has 0 bridgehead atoms. The molecule has 0 saturated carbocycles. The van der Waals surface area contributed by atoms with Crippen molar-refractivity contribution in [2.24, 2.45) is 5.41 Å². The molecule has 202 valence electrons. The summed E-state index contributed by atoms with van der Waals surface area (Å²) in [4.78, 5) is 27.9. The molecule has 37 heavy (non-hydrogen) atoms. The lowest BCUT2D eigenvalue weighted by Gasteiger charge is -2.52. The van der Waals surface area contributed by atoms with Crippen LogP contribution < -0.4 is 0 Å². The second-order valence-corrected chi connectivity index (χ2v) is 14.0. The van der Waals surface area contributed by atoms with Gasteiger partial charge in [0.15, 0.2) is 9.84 Å². The van der Waals surface area contributed by atoms with Crippen LogP contribution in [0.3, 0.4) is 0 Å². The van der Waals surface area contributed by atoms with E-state index >= 15 is 0 Å². The number of piperidine rings is 1. The van der Waals surface area contributed by atoms with Crippen molar-refractivity contribution in [3.8, 4) is 0 Å². The highest BCUT2D eigenvalue weighted by atomic mass is 35.5. The zero-order chi connectivity index (χ0) is 27.5. The van der Waals surface area contributed by atoms with Gasteiger partial charge in [-0.1, -0.05) is 61.3 Å². The van der Waals surface area contributed by atoms with E-state index in [-0.39, 0.29) is 30.4 Å². The number of carboxylic acid groups (broad SMARTS) is 1. The quantitative estimate of drug-likeness (QED) is 0.352. The van der Waals surface area contributed by atoms with Gasteiger partial charge in [-0.05, 0) is 68.5 Å². The number of rotatable bonds is 10. The van der Waals surface area contributed by atoms with Gasteiger partial charge in [-0.15, -0.1) is 0 Å². The van der Waals surface area contributed by atoms with Gasteiger partial charge < -0.3 is 10.0 Å². The first kappa shape index (κ1) is 29.5. The van der Waals surface area contributed by atoms with Crippen LogP contribution in [0.5, 0.6) is 0 Å². The Morgan fingerprint density at radius 1 is 1.11 bits per heavy atom. The second kappa shape index (κ2) is 11.7. The molecule has 4 atom stereocenters. The molecule has 1 fully saturated rings. The van der Waals surface area contributed by atoms with Gasteiger partial charge in [0.25, 0.3) is 0 Å². The number of halogens is 2. The predicted molar refractivity (Wildman–Crippen MR) is 148 cm³/mol. The third-order valence-corrected chi connectivity index (χ3v) is 10.2. The normalized spacial score (nSPS) is 23.3. The fraction of sp³-hybridized carbons (Fsp3) is 0.500. The summed E-state index contributed by atoms with van der Waals surface area (Å²) >= 11 is 12.5. The highest BCUT2D eigenvalue weighted by Gasteiger charge is 2.52. The Labute approximate surface area is 229 Å². The van der Waals surface area contributed by atoms with Crippen LogP contribution in [0.15, 0.2) is 48.5 Å². The van der Waals surface area contributed by atoms with Crippen LogP contribution in [-0.2, 0) is 19.4 Å². The number of hydrogen-bond donors (Lipinski definition) is 1. The number of sulfone groups is 1. The van der Waals surface area contributed by atoms with Gasteiger partial charge in [0, 0.05) is 22.0 Å². The van der Waals surface area contributed by atoms with Gasteiger partial charge >= 0.3 is 5.97 Å². The Hall–Kier alpha value is -2.09. The van der Waals surface area contributed by atoms with Crippen molar-refractivity contribution >= 4 is 44.9 Å². The number of amides is 1. The molecule has 1 amide bonds. The topological polar surface area (TPSA) is 91.8 Å². The molecule has 2 aromatic rings. The second-order valence-electron chi connectivity index (χ2n) is 10.5. The molecule has 6 nitrogen and oxygen atoms in total. The molecule has 0 radical (unpaired) electrons. The maximum absolute atomic E-state index is 14.2. The third kappa shape index (κ3) is 6.68. The summed E-state index contributed by atoms with van der Waals surface area (Å²) in [5, 5.41) is 10.3. The Morgan fingerprint density at radius 3 is 2.30 bits per heavy atom. The standard InChI is InChI=1S/C28H35Cl2NO5S/c1-5-23(13-14-37(35,36)18(2)3)31-26(19-9-11-21(29)12-10-19)24(20-7-6-8-22(30)15-20)16-28(4,27(31)34)17-25(32)33/h6-12,15,18,23-24,26H,5,13-14,16-17H2,1-4H3,(H,32,33)/t23?,24-,26?,28-/m1/s1. The third-order valence-electron chi connectivity index (χ3n) is 7.45. The SMILES string of the molecule is CCC(CCS(=O)(=O)C(C)C)N1C(=O)[C@@](C)(CC(=O)O)C[C@H](c2cccc(Cl)c2)C1c1ccc(Cl)cc1. The molecule has 0 spiro atoms. The first-order valence-corrected chi connectivity index (χ1v) is 15.0. The number of likely N-dealkylation sites (tertiary alicyclic amines) is 1. The van der Waals surface area contributed by atoms with E-state index in [0.717, 1.165) is 11.1 Å². The maximum atomic E-state index is 14.2. The zero-order valence-corrected chi connectivity index (χ0v) is 24.0. The average Bonchev–Trinajstić information content (AvgIpc) is 2.82. The van der Waals surface area contributed by atoms with Crippen molar-refractivity contribution in [1.82, 2.24) is 4.90 Å².